The van der Waals surface area contributed by atoms with E-state index >= 15 is 0 Å². The van der Waals surface area contributed by atoms with E-state index in [-0.39, 0.29) is 29.7 Å². The summed E-state index contributed by atoms with van der Waals surface area (Å²) in [5, 5.41) is 45.6. The molecule has 0 radical (unpaired) electrons. The van der Waals surface area contributed by atoms with E-state index in [0.29, 0.717) is 28.1 Å². The summed E-state index contributed by atoms with van der Waals surface area (Å²) in [5.74, 6) is -6.79. The number of fused-ring (bicyclic) bond motifs is 3. The van der Waals surface area contributed by atoms with E-state index in [2.05, 4.69) is 0 Å². The number of allylic oxidation sites excluding steroid dienone is 1. The average molecular weight is 549 g/mol. The molecule has 2 aromatic rings. The maximum absolute atomic E-state index is 14.1. The number of carbonyl (C=O) groups excluding carboxylic acids is 3. The highest BCUT2D eigenvalue weighted by Crippen LogP contribution is 2.54. The molecular weight excluding hydrogens is 516 g/mol. The molecule has 3 aliphatic rings. The normalized spacial score (nSPS) is 26.0. The van der Waals surface area contributed by atoms with Crippen LogP contribution in [0.4, 0.5) is 11.4 Å². The van der Waals surface area contributed by atoms with Crippen molar-refractivity contribution < 1.29 is 34.8 Å². The minimum absolute atomic E-state index is 0.0269. The van der Waals surface area contributed by atoms with Gasteiger partial charge in [-0.3, -0.25) is 19.3 Å². The number of aromatic hydroxyl groups is 1. The third kappa shape index (κ3) is 3.61. The van der Waals surface area contributed by atoms with Crippen LogP contribution < -0.4 is 16.4 Å². The molecule has 0 aliphatic heterocycles. The summed E-state index contributed by atoms with van der Waals surface area (Å²) in [7, 11) is 6.80. The average Bonchev–Trinajstić information content (AvgIpc) is 2.86. The Bertz CT molecular complexity index is 1540. The lowest BCUT2D eigenvalue weighted by Gasteiger charge is -2.50. The molecule has 0 saturated carbocycles. The number of aliphatic hydroxyl groups excluding tert-OH is 2. The van der Waals surface area contributed by atoms with Crippen LogP contribution in [0.1, 0.15) is 22.3 Å². The summed E-state index contributed by atoms with van der Waals surface area (Å²) >= 11 is 0. The summed E-state index contributed by atoms with van der Waals surface area (Å²) in [5.41, 5.74) is 10.2. The number of primary amides is 1. The minimum Gasteiger partial charge on any atom is -0.510 e. The number of Topliss-reactive ketones (excluding diaryl/α,β-unsaturated/α-hetero) is 2. The van der Waals surface area contributed by atoms with Crippen LogP contribution in [0.2, 0.25) is 0 Å². The van der Waals surface area contributed by atoms with Gasteiger partial charge in [0.1, 0.15) is 22.8 Å². The number of hydrogen-bond acceptors (Lipinski definition) is 10. The number of phenols is 1. The topological polar surface area (TPSA) is 191 Å². The first-order valence-electron chi connectivity index (χ1n) is 12.8. The van der Waals surface area contributed by atoms with Gasteiger partial charge in [-0.05, 0) is 62.2 Å². The highest BCUT2D eigenvalue weighted by atomic mass is 16.3. The number of rotatable bonds is 4. The van der Waals surface area contributed by atoms with Gasteiger partial charge in [0.25, 0.3) is 5.91 Å². The van der Waals surface area contributed by atoms with E-state index < -0.39 is 58.0 Å². The monoisotopic (exact) mass is 548 g/mol. The quantitative estimate of drug-likeness (QED) is 0.241. The number of nitrogens with zero attached hydrogens (tertiary/aromatic N) is 2. The van der Waals surface area contributed by atoms with Crippen molar-refractivity contribution in [3.8, 4) is 16.9 Å². The Morgan fingerprint density at radius 3 is 2.23 bits per heavy atom. The smallest absolute Gasteiger partial charge is 0.255 e. The van der Waals surface area contributed by atoms with Crippen molar-refractivity contribution in [3.63, 3.8) is 0 Å². The zero-order chi connectivity index (χ0) is 29.4. The first-order valence-corrected chi connectivity index (χ1v) is 12.8. The number of ketones is 2. The molecule has 5 rings (SSSR count). The van der Waals surface area contributed by atoms with Gasteiger partial charge in [-0.15, -0.1) is 0 Å². The Labute approximate surface area is 230 Å². The van der Waals surface area contributed by atoms with Gasteiger partial charge in [0, 0.05) is 42.5 Å². The van der Waals surface area contributed by atoms with Gasteiger partial charge in [-0.1, -0.05) is 12.1 Å². The fraction of sp³-hybridized carbons (Fsp3) is 0.345. The molecule has 0 unspecified atom stereocenters. The van der Waals surface area contributed by atoms with Gasteiger partial charge in [-0.25, -0.2) is 0 Å². The van der Waals surface area contributed by atoms with Crippen molar-refractivity contribution in [3.05, 3.63) is 64.1 Å². The molecule has 210 valence electrons. The van der Waals surface area contributed by atoms with E-state index in [1.165, 1.54) is 4.90 Å². The number of nitrogens with two attached hydrogens (primary N) is 2. The highest BCUT2D eigenvalue weighted by Gasteiger charge is 2.63. The maximum Gasteiger partial charge on any atom is 0.255 e. The molecule has 8 N–H and O–H groups in total. The standard InChI is InChI=1S/C29H32N4O7/c1-32(2)18-11-15(12-5-7-14(30)8-6-12)23(34)20-16(18)9-13-10-17-22(33(3)4)25(36)21(28(31)39)27(38)29(17,40)26(37)19(13)24(20)35/h5-8,11,13,17,22,34,36-37,40H,9-10,30H2,1-4H3,(H2,31,39)/t13-,17-,22-,29-/m0/s1. The van der Waals surface area contributed by atoms with Crippen LogP contribution in [0.5, 0.6) is 5.75 Å². The van der Waals surface area contributed by atoms with Crippen molar-refractivity contribution in [1.82, 2.24) is 4.90 Å². The Morgan fingerprint density at radius 1 is 1.05 bits per heavy atom. The van der Waals surface area contributed by atoms with Crippen LogP contribution in [0, 0.1) is 11.8 Å². The van der Waals surface area contributed by atoms with Crippen LogP contribution in [0.3, 0.4) is 0 Å². The summed E-state index contributed by atoms with van der Waals surface area (Å²) < 4.78 is 0. The number of aliphatic hydroxyl groups is 3. The summed E-state index contributed by atoms with van der Waals surface area (Å²) in [6.45, 7) is 0. The summed E-state index contributed by atoms with van der Waals surface area (Å²) in [4.78, 5) is 43.1. The molecule has 4 atom stereocenters. The van der Waals surface area contributed by atoms with Gasteiger partial charge >= 0.3 is 0 Å². The van der Waals surface area contributed by atoms with E-state index in [0.717, 1.165) is 0 Å². The van der Waals surface area contributed by atoms with Crippen LogP contribution in [0.25, 0.3) is 11.1 Å². The van der Waals surface area contributed by atoms with Crippen molar-refractivity contribution in [1.29, 1.82) is 0 Å². The molecule has 0 heterocycles. The maximum atomic E-state index is 14.1. The molecule has 3 aliphatic carbocycles. The van der Waals surface area contributed by atoms with Crippen LogP contribution >= 0.6 is 0 Å². The fourth-order valence-electron chi connectivity index (χ4n) is 6.58. The van der Waals surface area contributed by atoms with Crippen molar-refractivity contribution >= 4 is 28.8 Å². The van der Waals surface area contributed by atoms with Gasteiger partial charge in [-0.2, -0.15) is 0 Å². The van der Waals surface area contributed by atoms with E-state index in [9.17, 15) is 34.8 Å². The second-order valence-corrected chi connectivity index (χ2v) is 11.1. The Kier molecular flexibility index (Phi) is 6.20. The molecule has 0 fully saturated rings. The molecule has 1 amide bonds. The molecular formula is C29H32N4O7. The number of likely N-dealkylation sites (N-methyl/N-ethyl adjacent to an activating group) is 1. The zero-order valence-electron chi connectivity index (χ0n) is 22.6. The lowest BCUT2D eigenvalue weighted by Crippen LogP contribution is -2.63. The Morgan fingerprint density at radius 2 is 1.68 bits per heavy atom. The van der Waals surface area contributed by atoms with Crippen molar-refractivity contribution in [2.75, 3.05) is 38.8 Å². The van der Waals surface area contributed by atoms with E-state index in [1.807, 2.05) is 19.0 Å². The minimum atomic E-state index is -2.68. The van der Waals surface area contributed by atoms with Crippen LogP contribution in [0.15, 0.2) is 53.0 Å². The van der Waals surface area contributed by atoms with E-state index in [4.69, 9.17) is 11.5 Å². The first-order chi connectivity index (χ1) is 18.7. The lowest BCUT2D eigenvalue weighted by molar-refractivity contribution is -0.148. The molecule has 40 heavy (non-hydrogen) atoms. The predicted molar refractivity (Wildman–Crippen MR) is 148 cm³/mol. The molecule has 11 heteroatoms. The second kappa shape index (κ2) is 9.10. The SMILES string of the molecule is CN(C)c1cc(-c2ccc(N)cc2)c(O)c2c1C[C@H]1C[C@H]3[C@H](N(C)C)C(O)=C(C(N)=O)C(=O)[C@@]3(O)C(O)=C1C2=O. The van der Waals surface area contributed by atoms with Crippen molar-refractivity contribution in [2.45, 2.75) is 24.5 Å². The predicted octanol–water partition coefficient (Wildman–Crippen LogP) is 1.44. The lowest BCUT2D eigenvalue weighted by atomic mass is 9.58. The number of amides is 1. The zero-order valence-corrected chi connectivity index (χ0v) is 22.6. The molecule has 0 saturated heterocycles. The summed E-state index contributed by atoms with van der Waals surface area (Å²) in [6, 6.07) is 7.50. The largest absolute Gasteiger partial charge is 0.510 e. The number of phenolic OH excluding ortho intramolecular Hbond substituents is 1. The van der Waals surface area contributed by atoms with Gasteiger partial charge < -0.3 is 36.8 Å². The number of carbonyl (C=O) groups is 3. The molecule has 0 bridgehead atoms. The fourth-order valence-corrected chi connectivity index (χ4v) is 6.58. The van der Waals surface area contributed by atoms with Gasteiger partial charge in [0.15, 0.2) is 11.4 Å². The number of nitrogen functional groups attached to an aromatic ring is 1. The molecule has 0 aromatic heterocycles. The highest BCUT2D eigenvalue weighted by molar-refractivity contribution is 6.25. The molecule has 11 nitrogen and oxygen atoms in total. The first kappa shape index (κ1) is 27.2. The number of benzene rings is 2. The molecule has 2 aromatic carbocycles. The number of hydrogen-bond donors (Lipinski definition) is 6. The Hall–Kier alpha value is -4.35. The molecule has 0 spiro atoms. The van der Waals surface area contributed by atoms with Gasteiger partial charge in [0.2, 0.25) is 5.78 Å². The van der Waals surface area contributed by atoms with Crippen LogP contribution in [-0.4, -0.2) is 82.6 Å². The Balaban J connectivity index is 1.75. The van der Waals surface area contributed by atoms with Gasteiger partial charge in [0.05, 0.1) is 11.6 Å². The third-order valence-corrected chi connectivity index (χ3v) is 8.40. The van der Waals surface area contributed by atoms with E-state index in [1.54, 1.807) is 44.4 Å². The summed E-state index contributed by atoms with van der Waals surface area (Å²) in [6.07, 6.45) is 0.233. The second-order valence-electron chi connectivity index (χ2n) is 11.1. The number of anilines is 2. The third-order valence-electron chi connectivity index (χ3n) is 8.40. The van der Waals surface area contributed by atoms with Crippen LogP contribution in [-0.2, 0) is 16.0 Å². The van der Waals surface area contributed by atoms with Crippen molar-refractivity contribution in [2.24, 2.45) is 17.6 Å².